The van der Waals surface area contributed by atoms with Crippen molar-refractivity contribution in [2.75, 3.05) is 0 Å². The van der Waals surface area contributed by atoms with Crippen LogP contribution in [0.1, 0.15) is 6.92 Å². The largest absolute Gasteiger partial charge is 0.366 e. The van der Waals surface area contributed by atoms with Gasteiger partial charge in [-0.25, -0.2) is 0 Å². The Morgan fingerprint density at radius 1 is 1.58 bits per heavy atom. The monoisotopic (exact) mass is 163 g/mol. The maximum Gasteiger partial charge on any atom is 0.122 e. The molecule has 12 heavy (non-hydrogen) atoms. The van der Waals surface area contributed by atoms with Crippen LogP contribution in [0.4, 0.5) is 0 Å². The van der Waals surface area contributed by atoms with E-state index in [4.69, 9.17) is 5.73 Å². The fourth-order valence-corrected chi connectivity index (χ4v) is 1.40. The van der Waals surface area contributed by atoms with Gasteiger partial charge in [0.25, 0.3) is 0 Å². The van der Waals surface area contributed by atoms with Crippen LogP contribution in [0.5, 0.6) is 0 Å². The second-order valence-electron chi connectivity index (χ2n) is 3.15. The Morgan fingerprint density at radius 2 is 2.42 bits per heavy atom. The van der Waals surface area contributed by atoms with Gasteiger partial charge < -0.3 is 16.0 Å². The van der Waals surface area contributed by atoms with E-state index in [0.717, 1.165) is 0 Å². The van der Waals surface area contributed by atoms with E-state index in [9.17, 15) is 0 Å². The second-order valence-corrected chi connectivity index (χ2v) is 3.15. The summed E-state index contributed by atoms with van der Waals surface area (Å²) in [6.45, 7) is 1.99. The Hall–Kier alpha value is -1.22. The molecule has 0 spiro atoms. The molecule has 0 fully saturated rings. The van der Waals surface area contributed by atoms with Gasteiger partial charge in [-0.3, -0.25) is 0 Å². The van der Waals surface area contributed by atoms with E-state index in [0.29, 0.717) is 0 Å². The molecule has 0 radical (unpaired) electrons. The van der Waals surface area contributed by atoms with Crippen LogP contribution in [0.15, 0.2) is 36.3 Å². The zero-order valence-corrected chi connectivity index (χ0v) is 7.07. The highest BCUT2D eigenvalue weighted by Crippen LogP contribution is 2.17. The maximum absolute atomic E-state index is 5.76. The average molecular weight is 163 g/mol. The molecule has 64 valence electrons. The van der Waals surface area contributed by atoms with Gasteiger partial charge in [0.2, 0.25) is 0 Å². The number of nitrogens with one attached hydrogen (secondary N) is 1. The molecule has 0 unspecified atom stereocenters. The SMILES string of the molecule is C[C@H](N)C1=C[C@@H]2NC=CN2C=C1. The fourth-order valence-electron chi connectivity index (χ4n) is 1.40. The predicted molar refractivity (Wildman–Crippen MR) is 48.8 cm³/mol. The lowest BCUT2D eigenvalue weighted by Crippen LogP contribution is -2.34. The van der Waals surface area contributed by atoms with Gasteiger partial charge in [0, 0.05) is 24.6 Å². The van der Waals surface area contributed by atoms with Crippen LogP contribution < -0.4 is 11.1 Å². The van der Waals surface area contributed by atoms with Gasteiger partial charge in [0.1, 0.15) is 6.17 Å². The molecular weight excluding hydrogens is 150 g/mol. The van der Waals surface area contributed by atoms with Crippen molar-refractivity contribution in [1.82, 2.24) is 10.2 Å². The first-order valence-corrected chi connectivity index (χ1v) is 4.13. The summed E-state index contributed by atoms with van der Waals surface area (Å²) in [5.74, 6) is 0. The lowest BCUT2D eigenvalue weighted by atomic mass is 10.1. The van der Waals surface area contributed by atoms with E-state index >= 15 is 0 Å². The van der Waals surface area contributed by atoms with Crippen molar-refractivity contribution >= 4 is 0 Å². The van der Waals surface area contributed by atoms with Gasteiger partial charge in [-0.2, -0.15) is 0 Å². The summed E-state index contributed by atoms with van der Waals surface area (Å²) in [7, 11) is 0. The third-order valence-electron chi connectivity index (χ3n) is 2.15. The predicted octanol–water partition coefficient (Wildman–Crippen LogP) is 0.490. The molecule has 0 bridgehead atoms. The Kier molecular flexibility index (Phi) is 1.66. The lowest BCUT2D eigenvalue weighted by Gasteiger charge is -2.24. The van der Waals surface area contributed by atoms with E-state index in [1.165, 1.54) is 5.57 Å². The van der Waals surface area contributed by atoms with Crippen molar-refractivity contribution in [3.8, 4) is 0 Å². The van der Waals surface area contributed by atoms with Crippen LogP contribution in [-0.4, -0.2) is 17.1 Å². The number of fused-ring (bicyclic) bond motifs is 1. The third-order valence-corrected chi connectivity index (χ3v) is 2.15. The second kappa shape index (κ2) is 2.68. The highest BCUT2D eigenvalue weighted by atomic mass is 15.3. The summed E-state index contributed by atoms with van der Waals surface area (Å²) in [4.78, 5) is 2.10. The van der Waals surface area contributed by atoms with E-state index in [2.05, 4.69) is 22.4 Å². The Balaban J connectivity index is 2.18. The van der Waals surface area contributed by atoms with Crippen LogP contribution in [0, 0.1) is 0 Å². The molecule has 0 amide bonds. The Morgan fingerprint density at radius 3 is 3.17 bits per heavy atom. The van der Waals surface area contributed by atoms with Gasteiger partial charge in [0.15, 0.2) is 0 Å². The van der Waals surface area contributed by atoms with Crippen molar-refractivity contribution < 1.29 is 0 Å². The molecule has 3 nitrogen and oxygen atoms in total. The molecule has 2 aliphatic heterocycles. The summed E-state index contributed by atoms with van der Waals surface area (Å²) < 4.78 is 0. The average Bonchev–Trinajstić information content (AvgIpc) is 2.49. The van der Waals surface area contributed by atoms with E-state index in [1.807, 2.05) is 25.5 Å². The van der Waals surface area contributed by atoms with Crippen molar-refractivity contribution in [3.63, 3.8) is 0 Å². The minimum atomic E-state index is 0.116. The third kappa shape index (κ3) is 1.12. The summed E-state index contributed by atoms with van der Waals surface area (Å²) in [6, 6.07) is 0.116. The molecule has 0 saturated carbocycles. The zero-order chi connectivity index (χ0) is 8.55. The highest BCUT2D eigenvalue weighted by molar-refractivity contribution is 5.31. The molecule has 0 aromatic rings. The van der Waals surface area contributed by atoms with E-state index in [-0.39, 0.29) is 12.2 Å². The van der Waals surface area contributed by atoms with Gasteiger partial charge in [-0.05, 0) is 24.6 Å². The van der Waals surface area contributed by atoms with Crippen molar-refractivity contribution in [1.29, 1.82) is 0 Å². The van der Waals surface area contributed by atoms with Crippen LogP contribution in [0.2, 0.25) is 0 Å². The molecule has 2 heterocycles. The Labute approximate surface area is 72.2 Å². The van der Waals surface area contributed by atoms with Crippen LogP contribution >= 0.6 is 0 Å². The standard InChI is InChI=1S/C9H13N3/c1-7(10)8-2-4-12-5-3-11-9(12)6-8/h2-7,9,11H,10H2,1H3/t7-,9+/m0/s1. The molecule has 3 N–H and O–H groups in total. The van der Waals surface area contributed by atoms with Gasteiger partial charge in [-0.1, -0.05) is 0 Å². The van der Waals surface area contributed by atoms with Crippen LogP contribution in [0.3, 0.4) is 0 Å². The molecule has 2 rings (SSSR count). The first kappa shape index (κ1) is 7.43. The summed E-state index contributed by atoms with van der Waals surface area (Å²) >= 11 is 0. The van der Waals surface area contributed by atoms with Crippen molar-refractivity contribution in [3.05, 3.63) is 36.3 Å². The van der Waals surface area contributed by atoms with Crippen molar-refractivity contribution in [2.45, 2.75) is 19.1 Å². The first-order valence-electron chi connectivity index (χ1n) is 4.13. The normalized spacial score (nSPS) is 28.0. The minimum Gasteiger partial charge on any atom is -0.366 e. The summed E-state index contributed by atoms with van der Waals surface area (Å²) in [5.41, 5.74) is 6.95. The number of hydrogen-bond donors (Lipinski definition) is 2. The smallest absolute Gasteiger partial charge is 0.122 e. The van der Waals surface area contributed by atoms with Gasteiger partial charge in [0.05, 0.1) is 0 Å². The van der Waals surface area contributed by atoms with Gasteiger partial charge in [-0.15, -0.1) is 0 Å². The van der Waals surface area contributed by atoms with Gasteiger partial charge >= 0.3 is 0 Å². The van der Waals surface area contributed by atoms with E-state index < -0.39 is 0 Å². The Bertz CT molecular complexity index is 263. The molecule has 0 aliphatic carbocycles. The number of nitrogens with zero attached hydrogens (tertiary/aromatic N) is 1. The quantitative estimate of drug-likeness (QED) is 0.591. The molecule has 2 aliphatic rings. The maximum atomic E-state index is 5.76. The van der Waals surface area contributed by atoms with Crippen LogP contribution in [0.25, 0.3) is 0 Å². The first-order chi connectivity index (χ1) is 5.77. The number of nitrogens with two attached hydrogens (primary N) is 1. The molecule has 0 saturated heterocycles. The molecule has 2 atom stereocenters. The highest BCUT2D eigenvalue weighted by Gasteiger charge is 2.18. The number of hydrogen-bond acceptors (Lipinski definition) is 3. The lowest BCUT2D eigenvalue weighted by molar-refractivity contribution is 0.421. The topological polar surface area (TPSA) is 41.3 Å². The van der Waals surface area contributed by atoms with Crippen molar-refractivity contribution in [2.24, 2.45) is 5.73 Å². The summed E-state index contributed by atoms with van der Waals surface area (Å²) in [6.07, 6.45) is 10.5. The van der Waals surface area contributed by atoms with Crippen LogP contribution in [-0.2, 0) is 0 Å². The minimum absolute atomic E-state index is 0.116. The molecule has 0 aromatic heterocycles. The zero-order valence-electron chi connectivity index (χ0n) is 7.07. The summed E-state index contributed by atoms with van der Waals surface area (Å²) in [5, 5.41) is 3.21. The molecule has 3 heteroatoms. The fraction of sp³-hybridized carbons (Fsp3) is 0.333. The molecule has 0 aromatic carbocycles. The molecular formula is C9H13N3. The van der Waals surface area contributed by atoms with E-state index in [1.54, 1.807) is 0 Å². The number of rotatable bonds is 1.